The van der Waals surface area contributed by atoms with E-state index in [1.165, 1.54) is 19.3 Å². The van der Waals surface area contributed by atoms with Crippen LogP contribution in [0.2, 0.25) is 5.02 Å². The Morgan fingerprint density at radius 2 is 2.22 bits per heavy atom. The summed E-state index contributed by atoms with van der Waals surface area (Å²) in [4.78, 5) is 8.45. The molecule has 1 aliphatic carbocycles. The summed E-state index contributed by atoms with van der Waals surface area (Å²) in [7, 11) is 1.80. The van der Waals surface area contributed by atoms with Crippen LogP contribution in [-0.2, 0) is 0 Å². The van der Waals surface area contributed by atoms with E-state index in [2.05, 4.69) is 34.4 Å². The summed E-state index contributed by atoms with van der Waals surface area (Å²) in [6, 6.07) is 0.450. The normalized spacial score (nSPS) is 22.6. The van der Waals surface area contributed by atoms with E-state index in [0.717, 1.165) is 12.2 Å². The molecule has 0 spiro atoms. The number of aromatic nitrogens is 2. The molecule has 1 atom stereocenters. The van der Waals surface area contributed by atoms with E-state index in [-0.39, 0.29) is 0 Å². The Hall–Kier alpha value is -1.03. The molecule has 0 radical (unpaired) electrons. The van der Waals surface area contributed by atoms with Crippen molar-refractivity contribution in [1.29, 1.82) is 0 Å². The maximum absolute atomic E-state index is 6.13. The summed E-state index contributed by atoms with van der Waals surface area (Å²) in [5.41, 5.74) is 0.404. The van der Waals surface area contributed by atoms with Crippen LogP contribution in [0.25, 0.3) is 0 Å². The zero-order valence-electron chi connectivity index (χ0n) is 11.3. The van der Waals surface area contributed by atoms with Crippen LogP contribution in [0.5, 0.6) is 0 Å². The molecule has 18 heavy (non-hydrogen) atoms. The van der Waals surface area contributed by atoms with E-state index >= 15 is 0 Å². The summed E-state index contributed by atoms with van der Waals surface area (Å²) in [5.74, 6) is 1.33. The van der Waals surface area contributed by atoms with E-state index in [1.54, 1.807) is 13.2 Å². The van der Waals surface area contributed by atoms with Crippen LogP contribution < -0.4 is 10.6 Å². The molecule has 1 aromatic heterocycles. The molecule has 0 aliphatic heterocycles. The van der Waals surface area contributed by atoms with Gasteiger partial charge >= 0.3 is 0 Å². The molecule has 1 saturated carbocycles. The van der Waals surface area contributed by atoms with Gasteiger partial charge in [0.2, 0.25) is 5.95 Å². The Balaban J connectivity index is 2.09. The quantitative estimate of drug-likeness (QED) is 0.880. The SMILES string of the molecule is CNc1ncc(Cl)c(NC2CCCC(C)(C)C2)n1. The maximum atomic E-state index is 6.13. The number of nitrogens with one attached hydrogen (secondary N) is 2. The van der Waals surface area contributed by atoms with Gasteiger partial charge < -0.3 is 10.6 Å². The zero-order chi connectivity index (χ0) is 13.2. The molecule has 5 heteroatoms. The van der Waals surface area contributed by atoms with Crippen molar-refractivity contribution in [2.24, 2.45) is 5.41 Å². The van der Waals surface area contributed by atoms with Crippen molar-refractivity contribution >= 4 is 23.4 Å². The lowest BCUT2D eigenvalue weighted by molar-refractivity contribution is 0.229. The number of halogens is 1. The van der Waals surface area contributed by atoms with Gasteiger partial charge in [0.15, 0.2) is 5.82 Å². The second-order valence-corrected chi connectivity index (χ2v) is 6.15. The minimum Gasteiger partial charge on any atom is -0.366 e. The van der Waals surface area contributed by atoms with Gasteiger partial charge in [0.1, 0.15) is 5.02 Å². The van der Waals surface area contributed by atoms with Gasteiger partial charge in [-0.05, 0) is 24.7 Å². The van der Waals surface area contributed by atoms with Crippen molar-refractivity contribution in [1.82, 2.24) is 9.97 Å². The number of nitrogens with zero attached hydrogens (tertiary/aromatic N) is 2. The molecule has 1 aliphatic rings. The Labute approximate surface area is 114 Å². The second kappa shape index (κ2) is 5.31. The van der Waals surface area contributed by atoms with Crippen molar-refractivity contribution in [2.45, 2.75) is 45.6 Å². The van der Waals surface area contributed by atoms with Gasteiger partial charge in [-0.2, -0.15) is 4.98 Å². The molecule has 2 rings (SSSR count). The van der Waals surface area contributed by atoms with E-state index in [9.17, 15) is 0 Å². The molecule has 0 amide bonds. The average Bonchev–Trinajstić information content (AvgIpc) is 2.31. The Morgan fingerprint density at radius 3 is 2.89 bits per heavy atom. The maximum Gasteiger partial charge on any atom is 0.224 e. The van der Waals surface area contributed by atoms with Crippen molar-refractivity contribution in [3.63, 3.8) is 0 Å². The topological polar surface area (TPSA) is 49.8 Å². The van der Waals surface area contributed by atoms with E-state index < -0.39 is 0 Å². The van der Waals surface area contributed by atoms with Crippen LogP contribution >= 0.6 is 11.6 Å². The van der Waals surface area contributed by atoms with Crippen LogP contribution in [0.4, 0.5) is 11.8 Å². The fourth-order valence-corrected chi connectivity index (χ4v) is 2.75. The molecule has 1 heterocycles. The average molecular weight is 269 g/mol. The van der Waals surface area contributed by atoms with Crippen LogP contribution in [0.3, 0.4) is 0 Å². The van der Waals surface area contributed by atoms with Crippen molar-refractivity contribution < 1.29 is 0 Å². The molecule has 0 bridgehead atoms. The monoisotopic (exact) mass is 268 g/mol. The molecular formula is C13H21ClN4. The smallest absolute Gasteiger partial charge is 0.224 e. The fourth-order valence-electron chi connectivity index (χ4n) is 2.60. The number of anilines is 2. The first-order valence-electron chi connectivity index (χ1n) is 6.47. The first kappa shape index (κ1) is 13.4. The van der Waals surface area contributed by atoms with Crippen molar-refractivity contribution in [3.8, 4) is 0 Å². The van der Waals surface area contributed by atoms with Gasteiger partial charge in [-0.1, -0.05) is 31.9 Å². The Morgan fingerprint density at radius 1 is 1.44 bits per heavy atom. The van der Waals surface area contributed by atoms with Crippen LogP contribution in [-0.4, -0.2) is 23.1 Å². The largest absolute Gasteiger partial charge is 0.366 e. The van der Waals surface area contributed by atoms with Gasteiger partial charge in [-0.3, -0.25) is 0 Å². The molecule has 0 aromatic carbocycles. The highest BCUT2D eigenvalue weighted by atomic mass is 35.5. The van der Waals surface area contributed by atoms with Crippen molar-refractivity contribution in [3.05, 3.63) is 11.2 Å². The highest BCUT2D eigenvalue weighted by Gasteiger charge is 2.28. The predicted octanol–water partition coefficient (Wildman–Crippen LogP) is 3.55. The molecule has 1 fully saturated rings. The van der Waals surface area contributed by atoms with Gasteiger partial charge in [0.25, 0.3) is 0 Å². The molecule has 100 valence electrons. The first-order chi connectivity index (χ1) is 8.50. The molecule has 2 N–H and O–H groups in total. The second-order valence-electron chi connectivity index (χ2n) is 5.74. The van der Waals surface area contributed by atoms with E-state index in [1.807, 2.05) is 0 Å². The lowest BCUT2D eigenvalue weighted by Gasteiger charge is -2.35. The van der Waals surface area contributed by atoms with E-state index in [0.29, 0.717) is 22.4 Å². The summed E-state index contributed by atoms with van der Waals surface area (Å²) in [5, 5.41) is 6.96. The van der Waals surface area contributed by atoms with Crippen LogP contribution in [0.1, 0.15) is 39.5 Å². The minimum absolute atomic E-state index is 0.404. The third-order valence-electron chi connectivity index (χ3n) is 3.51. The lowest BCUT2D eigenvalue weighted by Crippen LogP contribution is -2.32. The van der Waals surface area contributed by atoms with Crippen molar-refractivity contribution in [2.75, 3.05) is 17.7 Å². The summed E-state index contributed by atoms with van der Waals surface area (Å²) < 4.78 is 0. The fraction of sp³-hybridized carbons (Fsp3) is 0.692. The molecule has 1 unspecified atom stereocenters. The van der Waals surface area contributed by atoms with Gasteiger partial charge in [0.05, 0.1) is 6.20 Å². The number of hydrogen-bond acceptors (Lipinski definition) is 4. The Kier molecular flexibility index (Phi) is 3.95. The molecule has 4 nitrogen and oxygen atoms in total. The highest BCUT2D eigenvalue weighted by molar-refractivity contribution is 6.32. The summed E-state index contributed by atoms with van der Waals surface area (Å²) in [6.45, 7) is 4.64. The molecule has 0 saturated heterocycles. The predicted molar refractivity (Wildman–Crippen MR) is 76.2 cm³/mol. The third kappa shape index (κ3) is 3.25. The van der Waals surface area contributed by atoms with E-state index in [4.69, 9.17) is 11.6 Å². The van der Waals surface area contributed by atoms with Gasteiger partial charge in [-0.25, -0.2) is 4.98 Å². The zero-order valence-corrected chi connectivity index (χ0v) is 12.0. The third-order valence-corrected chi connectivity index (χ3v) is 3.79. The molecule has 1 aromatic rings. The number of hydrogen-bond donors (Lipinski definition) is 2. The number of rotatable bonds is 3. The minimum atomic E-state index is 0.404. The standard InChI is InChI=1S/C13H21ClN4/c1-13(2)6-4-5-9(7-13)17-11-10(14)8-16-12(15-3)18-11/h8-9H,4-7H2,1-3H3,(H2,15,16,17,18). The van der Waals surface area contributed by atoms with Crippen LogP contribution in [0, 0.1) is 5.41 Å². The van der Waals surface area contributed by atoms with Gasteiger partial charge in [0, 0.05) is 13.1 Å². The Bertz CT molecular complexity index is 419. The van der Waals surface area contributed by atoms with Crippen LogP contribution in [0.15, 0.2) is 6.20 Å². The first-order valence-corrected chi connectivity index (χ1v) is 6.85. The lowest BCUT2D eigenvalue weighted by atomic mass is 9.75. The van der Waals surface area contributed by atoms with Gasteiger partial charge in [-0.15, -0.1) is 0 Å². The molecular weight excluding hydrogens is 248 g/mol. The summed E-state index contributed by atoms with van der Waals surface area (Å²) in [6.07, 6.45) is 6.52. The highest BCUT2D eigenvalue weighted by Crippen LogP contribution is 2.36. The summed E-state index contributed by atoms with van der Waals surface area (Å²) >= 11 is 6.13.